The Morgan fingerprint density at radius 3 is 2.60 bits per heavy atom. The molecule has 0 aromatic carbocycles. The quantitative estimate of drug-likeness (QED) is 0.678. The number of nitro groups is 1. The fourth-order valence-electron chi connectivity index (χ4n) is 1.73. The van der Waals surface area contributed by atoms with Crippen molar-refractivity contribution in [3.63, 3.8) is 0 Å². The number of rotatable bonds is 5. The SMILES string of the molecule is CCc1ccc(CNC(=O)c2cc([N+](=O)[O-])c(C)s2)s1. The van der Waals surface area contributed by atoms with Gasteiger partial charge in [-0.15, -0.1) is 22.7 Å². The van der Waals surface area contributed by atoms with Crippen LogP contribution in [0.1, 0.15) is 31.2 Å². The fourth-order valence-corrected chi connectivity index (χ4v) is 3.53. The maximum absolute atomic E-state index is 12.0. The molecule has 2 rings (SSSR count). The second-order valence-corrected chi connectivity index (χ2v) is 6.72. The Hall–Kier alpha value is -1.73. The average molecular weight is 310 g/mol. The van der Waals surface area contributed by atoms with Crippen molar-refractivity contribution in [1.82, 2.24) is 5.32 Å². The minimum absolute atomic E-state index is 0.00421. The van der Waals surface area contributed by atoms with Gasteiger partial charge in [-0.3, -0.25) is 14.9 Å². The summed E-state index contributed by atoms with van der Waals surface area (Å²) in [5.74, 6) is -0.266. The van der Waals surface area contributed by atoms with Crippen molar-refractivity contribution < 1.29 is 9.72 Å². The largest absolute Gasteiger partial charge is 0.346 e. The third kappa shape index (κ3) is 3.23. The summed E-state index contributed by atoms with van der Waals surface area (Å²) < 4.78 is 0. The Morgan fingerprint density at radius 1 is 1.35 bits per heavy atom. The molecular weight excluding hydrogens is 296 g/mol. The van der Waals surface area contributed by atoms with Crippen LogP contribution in [-0.2, 0) is 13.0 Å². The van der Waals surface area contributed by atoms with Gasteiger partial charge in [0.05, 0.1) is 21.2 Å². The van der Waals surface area contributed by atoms with Crippen LogP contribution in [0.5, 0.6) is 0 Å². The van der Waals surface area contributed by atoms with E-state index in [0.717, 1.165) is 22.6 Å². The lowest BCUT2D eigenvalue weighted by molar-refractivity contribution is -0.385. The van der Waals surface area contributed by atoms with Crippen LogP contribution >= 0.6 is 22.7 Å². The van der Waals surface area contributed by atoms with Crippen molar-refractivity contribution in [2.45, 2.75) is 26.8 Å². The van der Waals surface area contributed by atoms with E-state index in [1.54, 1.807) is 18.3 Å². The number of nitrogens with zero attached hydrogens (tertiary/aromatic N) is 1. The molecule has 0 fully saturated rings. The number of aryl methyl sites for hydroxylation is 2. The Kier molecular flexibility index (Phi) is 4.51. The molecule has 2 aromatic heterocycles. The normalized spacial score (nSPS) is 10.5. The highest BCUT2D eigenvalue weighted by atomic mass is 32.1. The second kappa shape index (κ2) is 6.15. The van der Waals surface area contributed by atoms with Gasteiger partial charge in [0, 0.05) is 15.8 Å². The summed E-state index contributed by atoms with van der Waals surface area (Å²) in [6.45, 7) is 4.18. The highest BCUT2D eigenvalue weighted by Gasteiger charge is 2.19. The summed E-state index contributed by atoms with van der Waals surface area (Å²) in [6.07, 6.45) is 0.981. The molecule has 0 aliphatic rings. The van der Waals surface area contributed by atoms with Crippen molar-refractivity contribution in [3.05, 3.63) is 47.8 Å². The van der Waals surface area contributed by atoms with Crippen LogP contribution in [0.3, 0.4) is 0 Å². The molecule has 0 saturated heterocycles. The summed E-state index contributed by atoms with van der Waals surface area (Å²) in [5, 5.41) is 13.5. The zero-order chi connectivity index (χ0) is 14.7. The van der Waals surface area contributed by atoms with Crippen molar-refractivity contribution in [2.75, 3.05) is 0 Å². The molecule has 0 bridgehead atoms. The van der Waals surface area contributed by atoms with E-state index in [9.17, 15) is 14.9 Å². The van der Waals surface area contributed by atoms with Crippen molar-refractivity contribution in [2.24, 2.45) is 0 Å². The van der Waals surface area contributed by atoms with Gasteiger partial charge in [-0.25, -0.2) is 0 Å². The van der Waals surface area contributed by atoms with E-state index in [0.29, 0.717) is 16.3 Å². The van der Waals surface area contributed by atoms with E-state index in [2.05, 4.69) is 12.2 Å². The van der Waals surface area contributed by atoms with Gasteiger partial charge in [-0.05, 0) is 25.5 Å². The first-order valence-electron chi connectivity index (χ1n) is 6.12. The number of amides is 1. The van der Waals surface area contributed by atoms with Crippen LogP contribution in [0, 0.1) is 17.0 Å². The first-order chi connectivity index (χ1) is 9.51. The summed E-state index contributed by atoms with van der Waals surface area (Å²) >= 11 is 2.81. The molecule has 2 heterocycles. The molecule has 106 valence electrons. The zero-order valence-electron chi connectivity index (χ0n) is 11.1. The minimum atomic E-state index is -0.463. The predicted molar refractivity (Wildman–Crippen MR) is 80.6 cm³/mol. The highest BCUT2D eigenvalue weighted by molar-refractivity contribution is 7.14. The summed E-state index contributed by atoms with van der Waals surface area (Å²) in [6, 6.07) is 5.37. The maximum atomic E-state index is 12.0. The van der Waals surface area contributed by atoms with E-state index in [1.165, 1.54) is 10.9 Å². The van der Waals surface area contributed by atoms with Crippen LogP contribution in [-0.4, -0.2) is 10.8 Å². The molecule has 0 saturated carbocycles. The predicted octanol–water partition coefficient (Wildman–Crippen LogP) is 3.52. The fraction of sp³-hybridized carbons (Fsp3) is 0.308. The first kappa shape index (κ1) is 14.7. The smallest absolute Gasteiger partial charge is 0.283 e. The third-order valence-corrected chi connectivity index (χ3v) is 5.07. The third-order valence-electron chi connectivity index (χ3n) is 2.80. The number of carbonyl (C=O) groups is 1. The summed E-state index contributed by atoms with van der Waals surface area (Å²) in [4.78, 5) is 25.5. The van der Waals surface area contributed by atoms with Crippen molar-refractivity contribution >= 4 is 34.3 Å². The molecular formula is C13H14N2O3S2. The zero-order valence-corrected chi connectivity index (χ0v) is 12.8. The number of hydrogen-bond acceptors (Lipinski definition) is 5. The summed E-state index contributed by atoms with van der Waals surface area (Å²) in [7, 11) is 0. The highest BCUT2D eigenvalue weighted by Crippen LogP contribution is 2.28. The molecule has 1 N–H and O–H groups in total. The van der Waals surface area contributed by atoms with Crippen LogP contribution < -0.4 is 5.32 Å². The number of nitrogens with one attached hydrogen (secondary N) is 1. The van der Waals surface area contributed by atoms with Crippen LogP contribution in [0.4, 0.5) is 5.69 Å². The molecule has 0 radical (unpaired) electrons. The van der Waals surface area contributed by atoms with Crippen molar-refractivity contribution in [3.8, 4) is 0 Å². The number of thiophene rings is 2. The van der Waals surface area contributed by atoms with E-state index < -0.39 is 4.92 Å². The van der Waals surface area contributed by atoms with Crippen LogP contribution in [0.15, 0.2) is 18.2 Å². The van der Waals surface area contributed by atoms with Crippen LogP contribution in [0.25, 0.3) is 0 Å². The summed E-state index contributed by atoms with van der Waals surface area (Å²) in [5.41, 5.74) is 0.00421. The molecule has 20 heavy (non-hydrogen) atoms. The average Bonchev–Trinajstić information content (AvgIpc) is 3.02. The Morgan fingerprint density at radius 2 is 2.05 bits per heavy atom. The van der Waals surface area contributed by atoms with Gasteiger partial charge in [0.15, 0.2) is 0 Å². The van der Waals surface area contributed by atoms with Gasteiger partial charge in [-0.1, -0.05) is 6.92 Å². The van der Waals surface area contributed by atoms with Gasteiger partial charge in [0.1, 0.15) is 0 Å². The lowest BCUT2D eigenvalue weighted by atomic mass is 10.3. The molecule has 7 heteroatoms. The maximum Gasteiger partial charge on any atom is 0.283 e. The Labute approximate surface area is 124 Å². The standard InChI is InChI=1S/C13H14N2O3S2/c1-3-9-4-5-10(20-9)7-14-13(16)12-6-11(15(17)18)8(2)19-12/h4-6H,3,7H2,1-2H3,(H,14,16). The van der Waals surface area contributed by atoms with E-state index in [-0.39, 0.29) is 11.6 Å². The molecule has 0 unspecified atom stereocenters. The second-order valence-electron chi connectivity index (χ2n) is 4.21. The minimum Gasteiger partial charge on any atom is -0.346 e. The molecule has 0 aliphatic heterocycles. The molecule has 0 atom stereocenters. The lowest BCUT2D eigenvalue weighted by Gasteiger charge is -2.00. The molecule has 2 aromatic rings. The van der Waals surface area contributed by atoms with E-state index in [4.69, 9.17) is 0 Å². The van der Waals surface area contributed by atoms with Gasteiger partial charge in [-0.2, -0.15) is 0 Å². The van der Waals surface area contributed by atoms with Gasteiger partial charge in [0.25, 0.3) is 11.6 Å². The molecule has 0 spiro atoms. The molecule has 5 nitrogen and oxygen atoms in total. The number of hydrogen-bond donors (Lipinski definition) is 1. The van der Waals surface area contributed by atoms with E-state index >= 15 is 0 Å². The van der Waals surface area contributed by atoms with Crippen LogP contribution in [0.2, 0.25) is 0 Å². The van der Waals surface area contributed by atoms with Gasteiger partial charge in [0.2, 0.25) is 0 Å². The first-order valence-corrected chi connectivity index (χ1v) is 7.75. The van der Waals surface area contributed by atoms with Gasteiger partial charge >= 0.3 is 0 Å². The Bertz CT molecular complexity index is 646. The van der Waals surface area contributed by atoms with Crippen molar-refractivity contribution in [1.29, 1.82) is 0 Å². The lowest BCUT2D eigenvalue weighted by Crippen LogP contribution is -2.21. The topological polar surface area (TPSA) is 72.2 Å². The Balaban J connectivity index is 2.01. The molecule has 1 amide bonds. The monoisotopic (exact) mass is 310 g/mol. The number of carbonyl (C=O) groups excluding carboxylic acids is 1. The molecule has 0 aliphatic carbocycles. The van der Waals surface area contributed by atoms with Gasteiger partial charge < -0.3 is 5.32 Å². The van der Waals surface area contributed by atoms with E-state index in [1.807, 2.05) is 12.1 Å².